The number of hydrogen-bond donors (Lipinski definition) is 0. The van der Waals surface area contributed by atoms with Crippen molar-refractivity contribution in [3.8, 4) is 5.75 Å². The zero-order chi connectivity index (χ0) is 19.7. The van der Waals surface area contributed by atoms with E-state index in [9.17, 15) is 13.2 Å². The highest BCUT2D eigenvalue weighted by atomic mass is 32.2. The second-order valence-electron chi connectivity index (χ2n) is 7.44. The predicted molar refractivity (Wildman–Crippen MR) is 108 cm³/mol. The fraction of sp³-hybridized carbons (Fsp3) is 0.381. The Kier molecular flexibility index (Phi) is 5.12. The summed E-state index contributed by atoms with van der Waals surface area (Å²) in [5.41, 5.74) is 1.76. The van der Waals surface area contributed by atoms with Crippen LogP contribution in [0.1, 0.15) is 18.0 Å². The van der Waals surface area contributed by atoms with Crippen LogP contribution in [0.2, 0.25) is 0 Å². The largest absolute Gasteiger partial charge is 0.489 e. The molecule has 4 rings (SSSR count). The van der Waals surface area contributed by atoms with E-state index in [2.05, 4.69) is 0 Å². The molecule has 0 aromatic heterocycles. The van der Waals surface area contributed by atoms with Gasteiger partial charge in [0.15, 0.2) is 9.84 Å². The van der Waals surface area contributed by atoms with E-state index < -0.39 is 9.84 Å². The first-order valence-corrected chi connectivity index (χ1v) is 11.3. The number of carbonyl (C=O) groups is 1. The Morgan fingerprint density at radius 3 is 2.57 bits per heavy atom. The molecule has 1 fully saturated rings. The summed E-state index contributed by atoms with van der Waals surface area (Å²) in [7, 11) is -1.16. The highest BCUT2D eigenvalue weighted by Gasteiger charge is 2.36. The minimum atomic E-state index is -2.99. The first-order chi connectivity index (χ1) is 13.4. The highest BCUT2D eigenvalue weighted by Crippen LogP contribution is 2.39. The fourth-order valence-electron chi connectivity index (χ4n) is 3.96. The van der Waals surface area contributed by atoms with Gasteiger partial charge in [-0.05, 0) is 31.2 Å². The minimum absolute atomic E-state index is 0.0589. The molecule has 1 saturated heterocycles. The molecule has 0 spiro atoms. The quantitative estimate of drug-likeness (QED) is 0.788. The number of carbonyl (C=O) groups excluding carboxylic acids is 1. The number of hydrogen-bond acceptors (Lipinski definition) is 5. The molecule has 2 heterocycles. The number of likely N-dealkylation sites (N-methyl/N-ethyl adjacent to an activating group) is 1. The van der Waals surface area contributed by atoms with Crippen molar-refractivity contribution in [1.82, 2.24) is 4.90 Å². The van der Waals surface area contributed by atoms with Gasteiger partial charge in [-0.3, -0.25) is 14.6 Å². The van der Waals surface area contributed by atoms with Gasteiger partial charge in [0.05, 0.1) is 29.8 Å². The molecule has 7 heteroatoms. The summed E-state index contributed by atoms with van der Waals surface area (Å²) in [5.74, 6) is 0.951. The van der Waals surface area contributed by atoms with Crippen molar-refractivity contribution in [2.45, 2.75) is 18.5 Å². The van der Waals surface area contributed by atoms with Gasteiger partial charge < -0.3 is 4.74 Å². The molecule has 148 valence electrons. The summed E-state index contributed by atoms with van der Waals surface area (Å²) >= 11 is 0. The maximum absolute atomic E-state index is 13.4. The van der Waals surface area contributed by atoms with Gasteiger partial charge >= 0.3 is 0 Å². The van der Waals surface area contributed by atoms with Crippen LogP contribution in [0, 0.1) is 0 Å². The maximum Gasteiger partial charge on any atom is 0.241 e. The second-order valence-corrected chi connectivity index (χ2v) is 9.67. The van der Waals surface area contributed by atoms with Crippen molar-refractivity contribution in [3.63, 3.8) is 0 Å². The molecular weight excluding hydrogens is 376 g/mol. The number of rotatable bonds is 4. The molecular formula is C21H24N2O4S. The Balaban J connectivity index is 1.60. The number of sulfone groups is 1. The van der Waals surface area contributed by atoms with Gasteiger partial charge in [0, 0.05) is 6.04 Å². The van der Waals surface area contributed by atoms with Gasteiger partial charge in [0.25, 0.3) is 0 Å². The standard InChI is InChI=1S/C21H24N2O4S/c1-22(17-11-12-28(25,26)15-17)13-21(24)23-18-9-5-6-10-20(18)27-14-19(23)16-7-3-2-4-8-16/h2-10,17,19H,11-15H2,1H3. The number of nitrogens with zero attached hydrogens (tertiary/aromatic N) is 2. The monoisotopic (exact) mass is 400 g/mol. The molecule has 2 aliphatic rings. The van der Waals surface area contributed by atoms with Gasteiger partial charge in [-0.25, -0.2) is 8.42 Å². The Morgan fingerprint density at radius 1 is 1.14 bits per heavy atom. The van der Waals surface area contributed by atoms with E-state index in [0.29, 0.717) is 18.8 Å². The van der Waals surface area contributed by atoms with Crippen molar-refractivity contribution < 1.29 is 17.9 Å². The van der Waals surface area contributed by atoms with E-state index >= 15 is 0 Å². The van der Waals surface area contributed by atoms with Crippen LogP contribution in [0.15, 0.2) is 54.6 Å². The number of anilines is 1. The van der Waals surface area contributed by atoms with E-state index in [0.717, 1.165) is 11.3 Å². The number of fused-ring (bicyclic) bond motifs is 1. The normalized spacial score (nSPS) is 23.3. The lowest BCUT2D eigenvalue weighted by Gasteiger charge is -2.38. The molecule has 0 N–H and O–H groups in total. The first kappa shape index (κ1) is 19.0. The summed E-state index contributed by atoms with van der Waals surface area (Å²) in [6, 6.07) is 17.1. The first-order valence-electron chi connectivity index (χ1n) is 9.44. The number of para-hydroxylation sites is 2. The van der Waals surface area contributed by atoms with Crippen LogP contribution in [0.3, 0.4) is 0 Å². The van der Waals surface area contributed by atoms with Crippen LogP contribution in [0.25, 0.3) is 0 Å². The van der Waals surface area contributed by atoms with Crippen LogP contribution in [0.5, 0.6) is 5.75 Å². The number of amides is 1. The second kappa shape index (κ2) is 7.56. The molecule has 0 saturated carbocycles. The lowest BCUT2D eigenvalue weighted by atomic mass is 10.0. The Labute approximate surface area is 165 Å². The Hall–Kier alpha value is -2.38. The minimum Gasteiger partial charge on any atom is -0.489 e. The van der Waals surface area contributed by atoms with Crippen LogP contribution in [-0.2, 0) is 14.6 Å². The molecule has 0 bridgehead atoms. The summed E-state index contributed by atoms with van der Waals surface area (Å²) in [6.45, 7) is 0.548. The summed E-state index contributed by atoms with van der Waals surface area (Å²) in [5, 5.41) is 0. The molecule has 2 unspecified atom stereocenters. The van der Waals surface area contributed by atoms with E-state index in [4.69, 9.17) is 4.74 Å². The van der Waals surface area contributed by atoms with E-state index in [-0.39, 0.29) is 36.0 Å². The molecule has 2 aromatic rings. The summed E-state index contributed by atoms with van der Waals surface area (Å²) in [4.78, 5) is 17.0. The van der Waals surface area contributed by atoms with Gasteiger partial charge in [-0.2, -0.15) is 0 Å². The smallest absolute Gasteiger partial charge is 0.241 e. The topological polar surface area (TPSA) is 66.9 Å². The van der Waals surface area contributed by atoms with Crippen LogP contribution in [0.4, 0.5) is 5.69 Å². The lowest BCUT2D eigenvalue weighted by molar-refractivity contribution is -0.120. The molecule has 0 radical (unpaired) electrons. The highest BCUT2D eigenvalue weighted by molar-refractivity contribution is 7.91. The van der Waals surface area contributed by atoms with Gasteiger partial charge in [0.1, 0.15) is 12.4 Å². The summed E-state index contributed by atoms with van der Waals surface area (Å²) in [6.07, 6.45) is 0.577. The van der Waals surface area contributed by atoms with Crippen LogP contribution >= 0.6 is 0 Å². The number of benzene rings is 2. The van der Waals surface area contributed by atoms with Gasteiger partial charge in [0.2, 0.25) is 5.91 Å². The van der Waals surface area contributed by atoms with Crippen molar-refractivity contribution in [1.29, 1.82) is 0 Å². The zero-order valence-corrected chi connectivity index (χ0v) is 16.6. The zero-order valence-electron chi connectivity index (χ0n) is 15.8. The van der Waals surface area contributed by atoms with E-state index in [1.807, 2.05) is 66.5 Å². The third kappa shape index (κ3) is 3.77. The summed E-state index contributed by atoms with van der Waals surface area (Å²) < 4.78 is 29.5. The van der Waals surface area contributed by atoms with Crippen LogP contribution in [-0.4, -0.2) is 57.0 Å². The third-order valence-corrected chi connectivity index (χ3v) is 7.25. The van der Waals surface area contributed by atoms with Gasteiger partial charge in [-0.15, -0.1) is 0 Å². The number of ether oxygens (including phenoxy) is 1. The molecule has 0 aliphatic carbocycles. The molecule has 2 aliphatic heterocycles. The lowest BCUT2D eigenvalue weighted by Crippen LogP contribution is -2.47. The van der Waals surface area contributed by atoms with Crippen molar-refractivity contribution in [3.05, 3.63) is 60.2 Å². The van der Waals surface area contributed by atoms with E-state index in [1.165, 1.54) is 0 Å². The third-order valence-electron chi connectivity index (χ3n) is 5.50. The van der Waals surface area contributed by atoms with Gasteiger partial charge in [-0.1, -0.05) is 42.5 Å². The predicted octanol–water partition coefficient (Wildman–Crippen LogP) is 2.27. The fourth-order valence-corrected chi connectivity index (χ4v) is 5.76. The molecule has 1 amide bonds. The van der Waals surface area contributed by atoms with Crippen LogP contribution < -0.4 is 9.64 Å². The van der Waals surface area contributed by atoms with Crippen molar-refractivity contribution in [2.24, 2.45) is 0 Å². The molecule has 2 atom stereocenters. The Bertz CT molecular complexity index is 961. The van der Waals surface area contributed by atoms with Crippen molar-refractivity contribution >= 4 is 21.4 Å². The maximum atomic E-state index is 13.4. The SMILES string of the molecule is CN(CC(=O)N1c2ccccc2OCC1c1ccccc1)C1CCS(=O)(=O)C1. The molecule has 2 aromatic carbocycles. The Morgan fingerprint density at radius 2 is 1.86 bits per heavy atom. The average molecular weight is 401 g/mol. The average Bonchev–Trinajstić information content (AvgIpc) is 3.07. The van der Waals surface area contributed by atoms with Crippen molar-refractivity contribution in [2.75, 3.05) is 36.6 Å². The molecule has 6 nitrogen and oxygen atoms in total. The van der Waals surface area contributed by atoms with E-state index in [1.54, 1.807) is 4.90 Å². The molecule has 28 heavy (non-hydrogen) atoms.